The molecule has 3 aromatic carbocycles. The molecular formula is C41H52N8O4. The van der Waals surface area contributed by atoms with E-state index in [0.717, 1.165) is 61.8 Å². The van der Waals surface area contributed by atoms with Gasteiger partial charge in [-0.2, -0.15) is 4.98 Å². The van der Waals surface area contributed by atoms with Crippen LogP contribution in [0.4, 0.5) is 23.0 Å². The summed E-state index contributed by atoms with van der Waals surface area (Å²) < 4.78 is 12.0. The molecule has 12 nitrogen and oxygen atoms in total. The Morgan fingerprint density at radius 1 is 0.925 bits per heavy atom. The van der Waals surface area contributed by atoms with Crippen LogP contribution in [-0.4, -0.2) is 110 Å². The van der Waals surface area contributed by atoms with Gasteiger partial charge in [-0.3, -0.25) is 14.5 Å². The van der Waals surface area contributed by atoms with Crippen LogP contribution in [0, 0.1) is 13.8 Å². The van der Waals surface area contributed by atoms with Crippen LogP contribution in [0.25, 0.3) is 6.08 Å². The first-order valence-corrected chi connectivity index (χ1v) is 18.1. The van der Waals surface area contributed by atoms with Crippen molar-refractivity contribution < 1.29 is 19.1 Å². The monoisotopic (exact) mass is 720 g/mol. The molecule has 0 spiro atoms. The van der Waals surface area contributed by atoms with Crippen molar-refractivity contribution in [3.05, 3.63) is 95.2 Å². The number of aromatic nitrogens is 2. The summed E-state index contributed by atoms with van der Waals surface area (Å²) in [4.78, 5) is 44.5. The molecule has 0 saturated carbocycles. The molecule has 1 aliphatic rings. The molecule has 2 N–H and O–H groups in total. The third kappa shape index (κ3) is 10.3. The number of rotatable bonds is 15. The Balaban J connectivity index is 1.39. The standard InChI is InChI=1S/C41H52N8O4/c1-8-48(9-2)37(50)20-14-31-13-19-35(52-7)36(27-31)53-40-34(39(51)44-38-29(3)11-10-12-30(38)4)28-42-41(45-40)43-32-15-17-33(18-16-32)49-25-23-47(24-26-49)22-21-46(5)6/h10-20,27-28H,8-9,21-26H2,1-7H3,(H,44,51)(H,42,43,45). The van der Waals surface area contributed by atoms with Gasteiger partial charge in [-0.1, -0.05) is 24.3 Å². The molecule has 1 fully saturated rings. The summed E-state index contributed by atoms with van der Waals surface area (Å²) >= 11 is 0. The number of para-hydroxylation sites is 1. The average molecular weight is 721 g/mol. The largest absolute Gasteiger partial charge is 0.493 e. The minimum absolute atomic E-state index is 0.0358. The summed E-state index contributed by atoms with van der Waals surface area (Å²) in [7, 11) is 5.76. The van der Waals surface area contributed by atoms with Crippen LogP contribution in [0.1, 0.15) is 40.9 Å². The van der Waals surface area contributed by atoms with E-state index in [4.69, 9.17) is 9.47 Å². The van der Waals surface area contributed by atoms with Crippen LogP contribution in [0.3, 0.4) is 0 Å². The van der Waals surface area contributed by atoms with E-state index in [2.05, 4.69) is 61.5 Å². The van der Waals surface area contributed by atoms with E-state index in [9.17, 15) is 9.59 Å². The maximum atomic E-state index is 13.8. The molecule has 1 aliphatic heterocycles. The van der Waals surface area contributed by atoms with Gasteiger partial charge < -0.3 is 34.8 Å². The zero-order valence-electron chi connectivity index (χ0n) is 32.0. The smallest absolute Gasteiger partial charge is 0.262 e. The fourth-order valence-corrected chi connectivity index (χ4v) is 6.10. The normalized spacial score (nSPS) is 13.3. The number of hydrogen-bond donors (Lipinski definition) is 2. The quantitative estimate of drug-likeness (QED) is 0.133. The number of methoxy groups -OCH3 is 1. The van der Waals surface area contributed by atoms with Gasteiger partial charge in [0, 0.05) is 81.7 Å². The molecule has 5 rings (SSSR count). The number of carbonyl (C=O) groups is 2. The number of carbonyl (C=O) groups excluding carboxylic acids is 2. The number of piperazine rings is 1. The van der Waals surface area contributed by atoms with Gasteiger partial charge in [-0.05, 0) is 101 Å². The molecule has 0 aliphatic carbocycles. The van der Waals surface area contributed by atoms with E-state index in [0.29, 0.717) is 35.8 Å². The Morgan fingerprint density at radius 3 is 2.26 bits per heavy atom. The fourth-order valence-electron chi connectivity index (χ4n) is 6.10. The Morgan fingerprint density at radius 2 is 1.62 bits per heavy atom. The van der Waals surface area contributed by atoms with Gasteiger partial charge in [-0.15, -0.1) is 0 Å². The molecule has 4 aromatic rings. The number of amides is 2. The molecule has 53 heavy (non-hydrogen) atoms. The van der Waals surface area contributed by atoms with Crippen LogP contribution >= 0.6 is 0 Å². The van der Waals surface area contributed by atoms with Crippen LogP contribution in [-0.2, 0) is 4.79 Å². The molecule has 0 unspecified atom stereocenters. The Labute approximate surface area is 313 Å². The summed E-state index contributed by atoms with van der Waals surface area (Å²) in [6, 6.07) is 19.3. The SMILES string of the molecule is CCN(CC)C(=O)C=Cc1ccc(OC)c(Oc2nc(Nc3ccc(N4CCN(CCN(C)C)CC4)cc3)ncc2C(=O)Nc2c(C)cccc2C)c1. The van der Waals surface area contributed by atoms with E-state index in [1.807, 2.05) is 64.1 Å². The molecule has 2 heterocycles. The second-order valence-electron chi connectivity index (χ2n) is 13.3. The maximum absolute atomic E-state index is 13.8. The van der Waals surface area contributed by atoms with Gasteiger partial charge in [-0.25, -0.2) is 4.98 Å². The molecule has 2 amide bonds. The second kappa shape index (κ2) is 18.3. The van der Waals surface area contributed by atoms with Crippen LogP contribution in [0.5, 0.6) is 17.4 Å². The van der Waals surface area contributed by atoms with E-state index < -0.39 is 5.91 Å². The lowest BCUT2D eigenvalue weighted by molar-refractivity contribution is -0.125. The predicted octanol–water partition coefficient (Wildman–Crippen LogP) is 6.46. The zero-order valence-corrected chi connectivity index (χ0v) is 32.0. The lowest BCUT2D eigenvalue weighted by Crippen LogP contribution is -2.48. The number of nitrogens with zero attached hydrogens (tertiary/aromatic N) is 6. The second-order valence-corrected chi connectivity index (χ2v) is 13.3. The third-order valence-electron chi connectivity index (χ3n) is 9.33. The first kappa shape index (κ1) is 38.8. The first-order valence-electron chi connectivity index (χ1n) is 18.1. The number of nitrogens with one attached hydrogen (secondary N) is 2. The van der Waals surface area contributed by atoms with Gasteiger partial charge in [0.15, 0.2) is 11.5 Å². The van der Waals surface area contributed by atoms with Gasteiger partial charge in [0.25, 0.3) is 5.91 Å². The first-order chi connectivity index (χ1) is 25.6. The minimum atomic E-state index is -0.421. The number of benzene rings is 3. The maximum Gasteiger partial charge on any atom is 0.262 e. The number of hydrogen-bond acceptors (Lipinski definition) is 10. The Hall–Kier alpha value is -5.46. The molecule has 1 aromatic heterocycles. The minimum Gasteiger partial charge on any atom is -0.493 e. The molecule has 280 valence electrons. The van der Waals surface area contributed by atoms with E-state index in [-0.39, 0.29) is 23.3 Å². The summed E-state index contributed by atoms with van der Waals surface area (Å²) in [5.41, 5.74) is 5.36. The summed E-state index contributed by atoms with van der Waals surface area (Å²) in [5, 5.41) is 6.30. The molecule has 1 saturated heterocycles. The summed E-state index contributed by atoms with van der Waals surface area (Å²) in [6.07, 6.45) is 4.71. The molecular weight excluding hydrogens is 669 g/mol. The molecule has 12 heteroatoms. The Kier molecular flexibility index (Phi) is 13.4. The highest BCUT2D eigenvalue weighted by molar-refractivity contribution is 6.06. The number of aryl methyl sites for hydroxylation is 2. The third-order valence-corrected chi connectivity index (χ3v) is 9.33. The topological polar surface area (TPSA) is 115 Å². The van der Waals surface area contributed by atoms with Crippen molar-refractivity contribution in [2.45, 2.75) is 27.7 Å². The van der Waals surface area contributed by atoms with E-state index in [1.165, 1.54) is 19.4 Å². The molecule has 0 atom stereocenters. The van der Waals surface area contributed by atoms with Crippen LogP contribution in [0.15, 0.2) is 72.9 Å². The predicted molar refractivity (Wildman–Crippen MR) is 213 cm³/mol. The van der Waals surface area contributed by atoms with Gasteiger partial charge in [0.05, 0.1) is 7.11 Å². The average Bonchev–Trinajstić information content (AvgIpc) is 3.16. The number of ether oxygens (including phenoxy) is 2. The van der Waals surface area contributed by atoms with E-state index >= 15 is 0 Å². The van der Waals surface area contributed by atoms with Crippen molar-refractivity contribution in [3.63, 3.8) is 0 Å². The van der Waals surface area contributed by atoms with Gasteiger partial charge in [0.1, 0.15) is 5.56 Å². The Bertz CT molecular complexity index is 1860. The number of likely N-dealkylation sites (N-methyl/N-ethyl adjacent to an activating group) is 2. The highest BCUT2D eigenvalue weighted by atomic mass is 16.5. The van der Waals surface area contributed by atoms with Crippen molar-refractivity contribution >= 4 is 40.9 Å². The van der Waals surface area contributed by atoms with Gasteiger partial charge in [0.2, 0.25) is 17.7 Å². The zero-order chi connectivity index (χ0) is 37.9. The van der Waals surface area contributed by atoms with Crippen molar-refractivity contribution in [1.29, 1.82) is 0 Å². The van der Waals surface area contributed by atoms with E-state index in [1.54, 1.807) is 23.1 Å². The molecule has 0 bridgehead atoms. The van der Waals surface area contributed by atoms with Crippen LogP contribution in [0.2, 0.25) is 0 Å². The summed E-state index contributed by atoms with van der Waals surface area (Å²) in [5.74, 6) is 0.535. The van der Waals surface area contributed by atoms with Crippen LogP contribution < -0.4 is 25.0 Å². The highest BCUT2D eigenvalue weighted by Gasteiger charge is 2.21. The lowest BCUT2D eigenvalue weighted by atomic mass is 10.1. The van der Waals surface area contributed by atoms with Gasteiger partial charge >= 0.3 is 0 Å². The van der Waals surface area contributed by atoms with Crippen molar-refractivity contribution in [2.24, 2.45) is 0 Å². The summed E-state index contributed by atoms with van der Waals surface area (Å²) in [6.45, 7) is 15.2. The highest BCUT2D eigenvalue weighted by Crippen LogP contribution is 2.35. The van der Waals surface area contributed by atoms with Crippen molar-refractivity contribution in [1.82, 2.24) is 24.7 Å². The molecule has 0 radical (unpaired) electrons. The van der Waals surface area contributed by atoms with Crippen molar-refractivity contribution in [2.75, 3.05) is 89.1 Å². The van der Waals surface area contributed by atoms with Crippen molar-refractivity contribution in [3.8, 4) is 17.4 Å². The fraction of sp³-hybridized carbons (Fsp3) is 0.366. The lowest BCUT2D eigenvalue weighted by Gasteiger charge is -2.36. The number of anilines is 4.